The molecule has 3 atom stereocenters. The lowest BCUT2D eigenvalue weighted by atomic mass is 9.83. The lowest BCUT2D eigenvalue weighted by molar-refractivity contribution is -0.146. The summed E-state index contributed by atoms with van der Waals surface area (Å²) in [5.74, 6) is -0.814. The molecule has 3 amide bonds. The number of urea groups is 1. The van der Waals surface area contributed by atoms with Crippen LogP contribution < -0.4 is 5.32 Å². The quantitative estimate of drug-likeness (QED) is 0.870. The molecule has 1 saturated heterocycles. The van der Waals surface area contributed by atoms with Gasteiger partial charge < -0.3 is 5.32 Å². The van der Waals surface area contributed by atoms with E-state index in [1.54, 1.807) is 12.4 Å². The molecule has 25 heavy (non-hydrogen) atoms. The number of aromatic nitrogens is 1. The Kier molecular flexibility index (Phi) is 4.75. The number of hydrogen-bond donors (Lipinski definition) is 1. The predicted octanol–water partition coefficient (Wildman–Crippen LogP) is 2.45. The second-order valence-corrected chi connectivity index (χ2v) is 6.03. The molecule has 1 aromatic carbocycles. The topological polar surface area (TPSA) is 86.1 Å². The number of benzene rings is 1. The van der Waals surface area contributed by atoms with Gasteiger partial charge in [-0.25, -0.2) is 9.69 Å². The predicted molar refractivity (Wildman–Crippen MR) is 91.1 cm³/mol. The highest BCUT2D eigenvalue weighted by atomic mass is 16.2. The minimum atomic E-state index is -0.747. The van der Waals surface area contributed by atoms with Crippen LogP contribution in [0.3, 0.4) is 0 Å². The molecule has 1 aromatic heterocycles. The molecule has 0 radical (unpaired) electrons. The maximum absolute atomic E-state index is 12.4. The van der Waals surface area contributed by atoms with Crippen molar-refractivity contribution in [2.75, 3.05) is 0 Å². The van der Waals surface area contributed by atoms with Crippen LogP contribution in [-0.2, 0) is 11.2 Å². The van der Waals surface area contributed by atoms with Crippen molar-refractivity contribution in [1.29, 1.82) is 5.26 Å². The number of carbonyl (C=O) groups excluding carboxylic acids is 2. The van der Waals surface area contributed by atoms with Crippen LogP contribution in [0.2, 0.25) is 0 Å². The van der Waals surface area contributed by atoms with E-state index in [1.807, 2.05) is 49.4 Å². The molecule has 1 aliphatic rings. The van der Waals surface area contributed by atoms with Gasteiger partial charge in [0, 0.05) is 12.4 Å². The van der Waals surface area contributed by atoms with Gasteiger partial charge in [-0.2, -0.15) is 5.26 Å². The normalized spacial score (nSPS) is 20.3. The second-order valence-electron chi connectivity index (χ2n) is 6.03. The van der Waals surface area contributed by atoms with Crippen LogP contribution in [0.15, 0.2) is 54.9 Å². The van der Waals surface area contributed by atoms with Crippen molar-refractivity contribution in [2.45, 2.75) is 25.4 Å². The monoisotopic (exact) mass is 334 g/mol. The molecule has 0 bridgehead atoms. The third-order valence-corrected chi connectivity index (χ3v) is 4.41. The lowest BCUT2D eigenvalue weighted by Gasteiger charge is -2.42. The summed E-state index contributed by atoms with van der Waals surface area (Å²) in [6.07, 6.45) is 3.72. The number of nitrogens with one attached hydrogen (secondary N) is 1. The van der Waals surface area contributed by atoms with Gasteiger partial charge in [-0.15, -0.1) is 0 Å². The van der Waals surface area contributed by atoms with E-state index in [0.29, 0.717) is 6.42 Å². The van der Waals surface area contributed by atoms with Crippen molar-refractivity contribution in [2.24, 2.45) is 5.92 Å². The maximum Gasteiger partial charge on any atom is 0.325 e. The van der Waals surface area contributed by atoms with Crippen molar-refractivity contribution in [3.63, 3.8) is 0 Å². The largest absolute Gasteiger partial charge is 0.331 e. The molecule has 0 saturated carbocycles. The zero-order valence-electron chi connectivity index (χ0n) is 13.8. The summed E-state index contributed by atoms with van der Waals surface area (Å²) >= 11 is 0. The van der Waals surface area contributed by atoms with Gasteiger partial charge in [-0.05, 0) is 36.6 Å². The Hall–Kier alpha value is -3.20. The Morgan fingerprint density at radius 3 is 2.60 bits per heavy atom. The minimum Gasteiger partial charge on any atom is -0.331 e. The fourth-order valence-electron chi connectivity index (χ4n) is 2.97. The smallest absolute Gasteiger partial charge is 0.325 e. The Balaban J connectivity index is 1.65. The van der Waals surface area contributed by atoms with Crippen LogP contribution in [-0.4, -0.2) is 27.9 Å². The van der Waals surface area contributed by atoms with Gasteiger partial charge in [0.1, 0.15) is 6.04 Å². The number of nitriles is 1. The van der Waals surface area contributed by atoms with Crippen LogP contribution in [0.25, 0.3) is 0 Å². The number of rotatable bonds is 4. The molecule has 0 aliphatic carbocycles. The summed E-state index contributed by atoms with van der Waals surface area (Å²) < 4.78 is 0. The molecule has 1 N–H and O–H groups in total. The standard InChI is InChI=1S/C19H18N4O2/c1-13(15-5-3-2-4-6-15)22-19(25)23-17(12-20)16(18(23)24)11-14-7-9-21-10-8-14/h2-10,13,16-17H,11H2,1H3,(H,22,25)/t13-,16-,17-/m1/s1. The van der Waals surface area contributed by atoms with E-state index in [-0.39, 0.29) is 11.9 Å². The first-order chi connectivity index (χ1) is 12.1. The van der Waals surface area contributed by atoms with Gasteiger partial charge in [0.15, 0.2) is 0 Å². The molecule has 6 heteroatoms. The zero-order chi connectivity index (χ0) is 17.8. The first-order valence-electron chi connectivity index (χ1n) is 8.09. The van der Waals surface area contributed by atoms with Gasteiger partial charge in [0.25, 0.3) is 0 Å². The third kappa shape index (κ3) is 3.36. The first kappa shape index (κ1) is 16.7. The number of carbonyl (C=O) groups is 2. The summed E-state index contributed by atoms with van der Waals surface area (Å²) in [5, 5.41) is 12.2. The van der Waals surface area contributed by atoms with E-state index in [1.165, 1.54) is 0 Å². The molecule has 126 valence electrons. The third-order valence-electron chi connectivity index (χ3n) is 4.41. The summed E-state index contributed by atoms with van der Waals surface area (Å²) in [4.78, 5) is 29.8. The Morgan fingerprint density at radius 2 is 1.96 bits per heavy atom. The van der Waals surface area contributed by atoms with Gasteiger partial charge in [-0.1, -0.05) is 30.3 Å². The number of likely N-dealkylation sites (tertiary alicyclic amines) is 1. The van der Waals surface area contributed by atoms with E-state index >= 15 is 0 Å². The van der Waals surface area contributed by atoms with Crippen LogP contribution in [0.4, 0.5) is 4.79 Å². The maximum atomic E-state index is 12.4. The van der Waals surface area contributed by atoms with Gasteiger partial charge >= 0.3 is 6.03 Å². The first-order valence-corrected chi connectivity index (χ1v) is 8.09. The van der Waals surface area contributed by atoms with Crippen molar-refractivity contribution in [3.05, 3.63) is 66.0 Å². The molecule has 0 unspecified atom stereocenters. The number of nitrogens with zero attached hydrogens (tertiary/aromatic N) is 3. The van der Waals surface area contributed by atoms with Gasteiger partial charge in [-0.3, -0.25) is 9.78 Å². The lowest BCUT2D eigenvalue weighted by Crippen LogP contribution is -2.65. The van der Waals surface area contributed by atoms with Crippen LogP contribution in [0.5, 0.6) is 0 Å². The fraction of sp³-hybridized carbons (Fsp3) is 0.263. The highest BCUT2D eigenvalue weighted by Crippen LogP contribution is 2.30. The number of hydrogen-bond acceptors (Lipinski definition) is 4. The molecule has 2 heterocycles. The van der Waals surface area contributed by atoms with Crippen molar-refractivity contribution in [1.82, 2.24) is 15.2 Å². The molecular weight excluding hydrogens is 316 g/mol. The van der Waals surface area contributed by atoms with Crippen LogP contribution >= 0.6 is 0 Å². The molecular formula is C19H18N4O2. The molecule has 2 aromatic rings. The number of amides is 3. The molecule has 3 rings (SSSR count). The van der Waals surface area contributed by atoms with Gasteiger partial charge in [0.05, 0.1) is 18.0 Å². The second kappa shape index (κ2) is 7.14. The van der Waals surface area contributed by atoms with E-state index in [2.05, 4.69) is 16.4 Å². The van der Waals surface area contributed by atoms with Crippen molar-refractivity contribution in [3.8, 4) is 6.07 Å². The summed E-state index contributed by atoms with van der Waals surface area (Å²) in [6.45, 7) is 1.84. The highest BCUT2D eigenvalue weighted by Gasteiger charge is 2.51. The molecule has 0 spiro atoms. The SMILES string of the molecule is C[C@@H](NC(=O)N1C(=O)[C@H](Cc2ccncc2)[C@H]1C#N)c1ccccc1. The summed E-state index contributed by atoms with van der Waals surface area (Å²) in [7, 11) is 0. The molecule has 1 aliphatic heterocycles. The molecule has 1 fully saturated rings. The Morgan fingerprint density at radius 1 is 1.28 bits per heavy atom. The zero-order valence-corrected chi connectivity index (χ0v) is 13.8. The summed E-state index contributed by atoms with van der Waals surface area (Å²) in [5.41, 5.74) is 1.86. The Bertz CT molecular complexity index is 801. The molecule has 6 nitrogen and oxygen atoms in total. The Labute approximate surface area is 146 Å². The number of imide groups is 1. The average molecular weight is 334 g/mol. The fourth-order valence-corrected chi connectivity index (χ4v) is 2.97. The average Bonchev–Trinajstić information content (AvgIpc) is 2.65. The van der Waals surface area contributed by atoms with E-state index in [4.69, 9.17) is 0 Å². The van der Waals surface area contributed by atoms with Gasteiger partial charge in [0.2, 0.25) is 5.91 Å². The number of pyridine rings is 1. The van der Waals surface area contributed by atoms with E-state index < -0.39 is 18.0 Å². The van der Waals surface area contributed by atoms with E-state index in [9.17, 15) is 14.9 Å². The van der Waals surface area contributed by atoms with Crippen molar-refractivity contribution >= 4 is 11.9 Å². The van der Waals surface area contributed by atoms with Crippen molar-refractivity contribution < 1.29 is 9.59 Å². The highest BCUT2D eigenvalue weighted by molar-refractivity contribution is 6.02. The van der Waals surface area contributed by atoms with E-state index in [0.717, 1.165) is 16.0 Å². The summed E-state index contributed by atoms with van der Waals surface area (Å²) in [6, 6.07) is 13.6. The minimum absolute atomic E-state index is 0.250. The van der Waals surface area contributed by atoms with Crippen LogP contribution in [0.1, 0.15) is 24.1 Å². The van der Waals surface area contributed by atoms with Crippen LogP contribution in [0, 0.1) is 17.2 Å². The number of β-lactam (4-membered cyclic amide) rings is 1.